The van der Waals surface area contributed by atoms with Gasteiger partial charge >= 0.3 is 12.3 Å². The minimum atomic E-state index is -4.80. The molecule has 1 saturated carbocycles. The molecular formula is C32H40F3N3O6. The van der Waals surface area contributed by atoms with Crippen LogP contribution in [0.2, 0.25) is 0 Å². The molecule has 5 rings (SSSR count). The fraction of sp³-hybridized carbons (Fsp3) is 0.562. The number of nitrogens with one attached hydrogen (secondary N) is 1. The molecule has 2 heterocycles. The Kier molecular flexibility index (Phi) is 7.96. The molecule has 0 radical (unpaired) electrons. The molecule has 2 aliphatic rings. The second-order valence-electron chi connectivity index (χ2n) is 13.6. The molecule has 1 aliphatic heterocycles. The van der Waals surface area contributed by atoms with Crippen LogP contribution in [-0.4, -0.2) is 50.9 Å². The molecule has 0 spiro atoms. The minimum Gasteiger partial charge on any atom is -0.479 e. The van der Waals surface area contributed by atoms with Gasteiger partial charge in [0.15, 0.2) is 0 Å². The van der Waals surface area contributed by atoms with Crippen molar-refractivity contribution in [3.8, 4) is 5.75 Å². The number of fused-ring (bicyclic) bond motifs is 1. The highest BCUT2D eigenvalue weighted by atomic mass is 19.4. The third-order valence-electron chi connectivity index (χ3n) is 8.74. The summed E-state index contributed by atoms with van der Waals surface area (Å²) >= 11 is 0. The first-order valence-corrected chi connectivity index (χ1v) is 14.8. The smallest absolute Gasteiger partial charge is 0.479 e. The van der Waals surface area contributed by atoms with Gasteiger partial charge in [0.05, 0.1) is 24.2 Å². The normalized spacial score (nSPS) is 21.2. The zero-order valence-electron chi connectivity index (χ0n) is 25.8. The standard InChI is InChI=1S/C32H40F3N3O6/c1-7-30(41,26(39)40)31(42-12-13-43-31)23-15-24-25(14-19(23)2)38(21-16-28(3,4)18-29(5,6)17-21)27(37-24)36-20-8-10-22(11-9-20)44-32(33,34)35/h8-11,14-15,21,41H,7,12-13,16-18H2,1-6H3,(H,36,37)(H,39,40). The average Bonchev–Trinajstić information content (AvgIpc) is 3.51. The first-order valence-electron chi connectivity index (χ1n) is 14.8. The van der Waals surface area contributed by atoms with Crippen LogP contribution in [0.5, 0.6) is 5.75 Å². The first-order chi connectivity index (χ1) is 20.4. The van der Waals surface area contributed by atoms with E-state index in [4.69, 9.17) is 14.5 Å². The Morgan fingerprint density at radius 3 is 2.20 bits per heavy atom. The Balaban J connectivity index is 1.66. The van der Waals surface area contributed by atoms with Crippen LogP contribution < -0.4 is 10.1 Å². The SMILES string of the molecule is CCC(O)(C(=O)O)C1(c2cc3nc(Nc4ccc(OC(F)(F)F)cc4)n(C4CC(C)(C)CC(C)(C)C4)c3cc2C)OCCO1. The highest BCUT2D eigenvalue weighted by molar-refractivity contribution is 5.84. The van der Waals surface area contributed by atoms with Crippen LogP contribution in [0.15, 0.2) is 36.4 Å². The van der Waals surface area contributed by atoms with Gasteiger partial charge < -0.3 is 34.3 Å². The van der Waals surface area contributed by atoms with E-state index in [1.165, 1.54) is 24.3 Å². The van der Waals surface area contributed by atoms with Crippen molar-refractivity contribution in [2.24, 2.45) is 10.8 Å². The molecule has 1 unspecified atom stereocenters. The Morgan fingerprint density at radius 1 is 1.09 bits per heavy atom. The molecule has 1 atom stereocenters. The van der Waals surface area contributed by atoms with E-state index >= 15 is 0 Å². The molecular weight excluding hydrogens is 579 g/mol. The average molecular weight is 620 g/mol. The zero-order chi connectivity index (χ0) is 32.3. The van der Waals surface area contributed by atoms with Crippen molar-refractivity contribution in [2.75, 3.05) is 18.5 Å². The van der Waals surface area contributed by atoms with Gasteiger partial charge in [-0.1, -0.05) is 34.6 Å². The van der Waals surface area contributed by atoms with Crippen molar-refractivity contribution in [1.29, 1.82) is 0 Å². The maximum absolute atomic E-state index is 12.7. The van der Waals surface area contributed by atoms with Gasteiger partial charge in [-0.2, -0.15) is 0 Å². The summed E-state index contributed by atoms with van der Waals surface area (Å²) in [5.41, 5.74) is 0.533. The van der Waals surface area contributed by atoms with Crippen LogP contribution in [-0.2, 0) is 20.1 Å². The third kappa shape index (κ3) is 5.87. The molecule has 2 aromatic carbocycles. The van der Waals surface area contributed by atoms with E-state index in [1.54, 1.807) is 13.0 Å². The maximum Gasteiger partial charge on any atom is 0.573 e. The van der Waals surface area contributed by atoms with Gasteiger partial charge in [0, 0.05) is 17.3 Å². The summed E-state index contributed by atoms with van der Waals surface area (Å²) in [6.45, 7) is 12.6. The fourth-order valence-corrected chi connectivity index (χ4v) is 7.45. The number of carboxylic acids is 1. The summed E-state index contributed by atoms with van der Waals surface area (Å²) in [4.78, 5) is 17.3. The molecule has 0 amide bonds. The number of aliphatic carboxylic acids is 1. The lowest BCUT2D eigenvalue weighted by Gasteiger charge is -2.45. The van der Waals surface area contributed by atoms with Gasteiger partial charge in [0.25, 0.3) is 0 Å². The quantitative estimate of drug-likeness (QED) is 0.243. The highest BCUT2D eigenvalue weighted by Crippen LogP contribution is 2.52. The first kappa shape index (κ1) is 32.1. The molecule has 9 nitrogen and oxygen atoms in total. The number of aliphatic hydroxyl groups is 1. The van der Waals surface area contributed by atoms with Gasteiger partial charge in [-0.25, -0.2) is 9.78 Å². The minimum absolute atomic E-state index is 0.0267. The van der Waals surface area contributed by atoms with Crippen LogP contribution in [0.1, 0.15) is 77.5 Å². The lowest BCUT2D eigenvalue weighted by Crippen LogP contribution is -2.58. The number of nitrogens with zero attached hydrogens (tertiary/aromatic N) is 2. The van der Waals surface area contributed by atoms with E-state index in [0.717, 1.165) is 24.8 Å². The molecule has 1 saturated heterocycles. The summed E-state index contributed by atoms with van der Waals surface area (Å²) in [7, 11) is 0. The number of alkyl halides is 3. The lowest BCUT2D eigenvalue weighted by atomic mass is 9.63. The van der Waals surface area contributed by atoms with E-state index in [9.17, 15) is 28.2 Å². The molecule has 240 valence electrons. The van der Waals surface area contributed by atoms with E-state index in [1.807, 2.05) is 13.0 Å². The molecule has 3 N–H and O–H groups in total. The number of aryl methyl sites for hydroxylation is 1. The summed E-state index contributed by atoms with van der Waals surface area (Å²) in [6, 6.07) is 9.07. The Morgan fingerprint density at radius 2 is 1.68 bits per heavy atom. The lowest BCUT2D eigenvalue weighted by molar-refractivity contribution is -0.278. The van der Waals surface area contributed by atoms with Gasteiger partial charge in [-0.15, -0.1) is 13.2 Å². The Bertz CT molecular complexity index is 1530. The molecule has 2 fully saturated rings. The molecule has 44 heavy (non-hydrogen) atoms. The molecule has 12 heteroatoms. The number of rotatable bonds is 8. The second kappa shape index (κ2) is 10.9. The van der Waals surface area contributed by atoms with E-state index < -0.39 is 23.7 Å². The molecule has 1 aromatic heterocycles. The van der Waals surface area contributed by atoms with E-state index in [2.05, 4.69) is 42.3 Å². The van der Waals surface area contributed by atoms with Crippen LogP contribution >= 0.6 is 0 Å². The van der Waals surface area contributed by atoms with Crippen LogP contribution in [0.4, 0.5) is 24.8 Å². The highest BCUT2D eigenvalue weighted by Gasteiger charge is 2.61. The van der Waals surface area contributed by atoms with Gasteiger partial charge in [0.1, 0.15) is 5.75 Å². The second-order valence-corrected chi connectivity index (χ2v) is 13.6. The number of halogens is 3. The number of ether oxygens (including phenoxy) is 3. The summed E-state index contributed by atoms with van der Waals surface area (Å²) < 4.78 is 56.2. The number of hydrogen-bond acceptors (Lipinski definition) is 7. The number of imidazole rings is 1. The van der Waals surface area contributed by atoms with Crippen LogP contribution in [0, 0.1) is 17.8 Å². The summed E-state index contributed by atoms with van der Waals surface area (Å²) in [6.07, 6.45) is -2.20. The predicted octanol–water partition coefficient (Wildman–Crippen LogP) is 7.19. The Hall–Kier alpha value is -3.35. The number of carbonyl (C=O) groups is 1. The molecule has 0 bridgehead atoms. The van der Waals surface area contributed by atoms with Crippen molar-refractivity contribution in [3.05, 3.63) is 47.5 Å². The Labute approximate surface area is 254 Å². The maximum atomic E-state index is 12.7. The number of anilines is 2. The van der Waals surface area contributed by atoms with E-state index in [-0.39, 0.29) is 42.3 Å². The van der Waals surface area contributed by atoms with Crippen molar-refractivity contribution in [3.63, 3.8) is 0 Å². The topological polar surface area (TPSA) is 115 Å². The number of carboxylic acid groups (broad SMARTS) is 1. The third-order valence-corrected chi connectivity index (χ3v) is 8.74. The van der Waals surface area contributed by atoms with Gasteiger partial charge in [-0.05, 0) is 85.4 Å². The fourth-order valence-electron chi connectivity index (χ4n) is 7.45. The number of hydrogen-bond donors (Lipinski definition) is 3. The molecule has 3 aromatic rings. The largest absolute Gasteiger partial charge is 0.573 e. The van der Waals surface area contributed by atoms with Gasteiger partial charge in [-0.3, -0.25) is 0 Å². The van der Waals surface area contributed by atoms with E-state index in [0.29, 0.717) is 28.3 Å². The monoisotopic (exact) mass is 619 g/mol. The summed E-state index contributed by atoms with van der Waals surface area (Å²) in [5.74, 6) is -3.26. The van der Waals surface area contributed by atoms with Crippen molar-refractivity contribution < 1.29 is 42.4 Å². The zero-order valence-corrected chi connectivity index (χ0v) is 25.8. The number of aromatic nitrogens is 2. The van der Waals surface area contributed by atoms with Crippen LogP contribution in [0.25, 0.3) is 11.0 Å². The van der Waals surface area contributed by atoms with Crippen molar-refractivity contribution in [1.82, 2.24) is 9.55 Å². The van der Waals surface area contributed by atoms with Crippen molar-refractivity contribution >= 4 is 28.6 Å². The van der Waals surface area contributed by atoms with Gasteiger partial charge in [0.2, 0.25) is 17.3 Å². The van der Waals surface area contributed by atoms with Crippen LogP contribution in [0.3, 0.4) is 0 Å². The predicted molar refractivity (Wildman–Crippen MR) is 158 cm³/mol. The van der Waals surface area contributed by atoms with Crippen molar-refractivity contribution in [2.45, 2.75) is 91.0 Å². The molecule has 1 aliphatic carbocycles. The number of benzene rings is 2. The summed E-state index contributed by atoms with van der Waals surface area (Å²) in [5, 5.41) is 24.8.